The molecule has 8 heterocycles. The summed E-state index contributed by atoms with van der Waals surface area (Å²) < 4.78 is 12.2. The smallest absolute Gasteiger partial charge is 0.165 e. The predicted molar refractivity (Wildman–Crippen MR) is 405 cm³/mol. The summed E-state index contributed by atoms with van der Waals surface area (Å²) in [6.45, 7) is 0. The summed E-state index contributed by atoms with van der Waals surface area (Å²) in [6, 6.07) is 118. The number of fused-ring (bicyclic) bond motifs is 17. The lowest BCUT2D eigenvalue weighted by Crippen LogP contribution is -2.17. The molecule has 13 aromatic carbocycles. The molecule has 21 rings (SSSR count). The van der Waals surface area contributed by atoms with Gasteiger partial charge in [0.15, 0.2) is 17.5 Å². The Morgan fingerprint density at radius 1 is 0.235 bits per heavy atom. The van der Waals surface area contributed by atoms with Gasteiger partial charge in [-0.1, -0.05) is 249 Å². The van der Waals surface area contributed by atoms with Gasteiger partial charge in [0, 0.05) is 76.2 Å². The Morgan fingerprint density at radius 3 is 1.01 bits per heavy atom. The Bertz CT molecular complexity index is 6640. The molecule has 9 nitrogen and oxygen atoms in total. The Balaban J connectivity index is 0.971. The number of nitrogens with one attached hydrogen (secondary N) is 1. The van der Waals surface area contributed by atoms with Crippen LogP contribution in [0.4, 0.5) is 0 Å². The van der Waals surface area contributed by atoms with Crippen molar-refractivity contribution in [2.45, 2.75) is 0 Å². The van der Waals surface area contributed by atoms with Gasteiger partial charge in [0.05, 0.1) is 77.6 Å². The van der Waals surface area contributed by atoms with E-state index < -0.39 is 0 Å². The number of H-pyrrole nitrogens is 1. The molecule has 21 aromatic rings. The van der Waals surface area contributed by atoms with Crippen LogP contribution < -0.4 is 0 Å². The minimum atomic E-state index is 0.533. The summed E-state index contributed by atoms with van der Waals surface area (Å²) in [5.74, 6) is 1.93. The Hall–Kier alpha value is -13.4. The summed E-state index contributed by atoms with van der Waals surface area (Å²) >= 11 is 0. The van der Waals surface area contributed by atoms with E-state index in [4.69, 9.17) is 15.0 Å². The largest absolute Gasteiger partial charge is 0.353 e. The van der Waals surface area contributed by atoms with E-state index in [0.29, 0.717) is 17.5 Å². The molecule has 8 aromatic heterocycles. The van der Waals surface area contributed by atoms with Crippen LogP contribution in [0.2, 0.25) is 0 Å². The molecular weight excluding hydrogens is 1200 g/mol. The summed E-state index contributed by atoms with van der Waals surface area (Å²) in [4.78, 5) is 22.5. The lowest BCUT2D eigenvalue weighted by molar-refractivity contribution is 0.955. The van der Waals surface area contributed by atoms with Gasteiger partial charge < -0.3 is 18.7 Å². The van der Waals surface area contributed by atoms with E-state index in [2.05, 4.69) is 355 Å². The van der Waals surface area contributed by atoms with Crippen molar-refractivity contribution in [3.8, 4) is 73.7 Å². The molecule has 9 heteroatoms. The summed E-state index contributed by atoms with van der Waals surface area (Å²) in [5.41, 5.74) is 21.8. The molecule has 0 aliphatic heterocycles. The van der Waals surface area contributed by atoms with Crippen molar-refractivity contribution in [1.29, 1.82) is 0 Å². The number of para-hydroxylation sites is 9. The Morgan fingerprint density at radius 2 is 0.571 bits per heavy atom. The first-order valence-electron chi connectivity index (χ1n) is 33.4. The van der Waals surface area contributed by atoms with E-state index in [9.17, 15) is 0 Å². The number of hydrogen-bond donors (Lipinski definition) is 1. The van der Waals surface area contributed by atoms with E-state index in [1.807, 2.05) is 0 Å². The van der Waals surface area contributed by atoms with E-state index in [1.165, 1.54) is 5.39 Å². The molecule has 0 radical (unpaired) electrons. The minimum absolute atomic E-state index is 0.533. The van der Waals surface area contributed by atoms with Crippen molar-refractivity contribution in [3.63, 3.8) is 0 Å². The maximum Gasteiger partial charge on any atom is 0.165 e. The van der Waals surface area contributed by atoms with E-state index in [1.54, 1.807) is 0 Å². The van der Waals surface area contributed by atoms with Crippen LogP contribution in [0.5, 0.6) is 0 Å². The van der Waals surface area contributed by atoms with Crippen LogP contribution >= 0.6 is 0 Å². The zero-order valence-electron chi connectivity index (χ0n) is 52.8. The fourth-order valence-corrected chi connectivity index (χ4v) is 16.1. The average molecular weight is 1250 g/mol. The van der Waals surface area contributed by atoms with Gasteiger partial charge in [0.2, 0.25) is 0 Å². The van der Waals surface area contributed by atoms with E-state index in [0.717, 1.165) is 171 Å². The third-order valence-corrected chi connectivity index (χ3v) is 20.2. The van der Waals surface area contributed by atoms with Crippen LogP contribution in [0.1, 0.15) is 0 Å². The Labute approximate surface area is 560 Å². The molecule has 0 aliphatic carbocycles. The van der Waals surface area contributed by atoms with E-state index >= 15 is 0 Å². The van der Waals surface area contributed by atoms with Gasteiger partial charge in [0.25, 0.3) is 0 Å². The lowest BCUT2D eigenvalue weighted by Gasteiger charge is -2.26. The highest BCUT2D eigenvalue weighted by molar-refractivity contribution is 6.20. The molecule has 0 aliphatic rings. The lowest BCUT2D eigenvalue weighted by atomic mass is 10.0. The minimum Gasteiger partial charge on any atom is -0.353 e. The number of aromatic nitrogens is 9. The topological polar surface area (TPSA) is 79.1 Å². The molecule has 0 saturated heterocycles. The van der Waals surface area contributed by atoms with Gasteiger partial charge in [-0.3, -0.25) is 9.13 Å². The van der Waals surface area contributed by atoms with Crippen molar-refractivity contribution in [1.82, 2.24) is 42.8 Å². The van der Waals surface area contributed by atoms with Gasteiger partial charge in [-0.25, -0.2) is 15.0 Å². The van der Waals surface area contributed by atoms with Crippen LogP contribution in [0.15, 0.2) is 328 Å². The zero-order chi connectivity index (χ0) is 64.1. The van der Waals surface area contributed by atoms with Gasteiger partial charge in [-0.2, -0.15) is 0 Å². The van der Waals surface area contributed by atoms with Crippen LogP contribution in [0, 0.1) is 0 Å². The van der Waals surface area contributed by atoms with Gasteiger partial charge in [0.1, 0.15) is 11.4 Å². The van der Waals surface area contributed by atoms with Crippen molar-refractivity contribution >= 4 is 120 Å². The first-order chi connectivity index (χ1) is 48.7. The predicted octanol–water partition coefficient (Wildman–Crippen LogP) is 22.5. The summed E-state index contributed by atoms with van der Waals surface area (Å²) in [7, 11) is 0. The fraction of sp³-hybridized carbons (Fsp3) is 0. The number of benzene rings is 13. The molecule has 98 heavy (non-hydrogen) atoms. The zero-order valence-corrected chi connectivity index (χ0v) is 52.8. The highest BCUT2D eigenvalue weighted by Gasteiger charge is 2.34. The number of pyridine rings is 1. The molecule has 0 saturated carbocycles. The SMILES string of the molecule is c1ccc(-c2cc(-c3ccccc3)nc(-c3c(-n4c5ccccc5c5ccccc54)c(-n4c5ccccc5c5ccccc54)nc(-n4c5ccccc5c5ccc(-c6ccc7c(c6)[nH]c6c8ccccc8n(-c8ccccc8)c76)cc54)c3-n3c4ccccc4c4ccccc43)n2)cc1. The molecule has 456 valence electrons. The van der Waals surface area contributed by atoms with E-state index in [-0.39, 0.29) is 0 Å². The second kappa shape index (κ2) is 21.1. The van der Waals surface area contributed by atoms with Crippen molar-refractivity contribution < 1.29 is 0 Å². The van der Waals surface area contributed by atoms with Crippen LogP contribution in [0.25, 0.3) is 194 Å². The first-order valence-corrected chi connectivity index (χ1v) is 33.4. The standard InChI is InChI=1S/C89H55N9/c1-4-26-55(27-5-1)70-54-71(56-28-6-2-7-29-56)92-87(91-70)82-85(95-73-40-18-10-32-60(73)61-33-11-19-41-74(61)95)88(97-77-44-22-14-36-64(77)65-37-15-23-45-78(65)97)93-89(86(82)96-75-42-20-12-34-62(75)63-35-13-21-43-76(63)96)98-79-46-24-16-38-66(79)67-50-48-58(53-81(67)98)57-49-51-68-72(52-57)90-83-69-39-17-25-47-80(69)94(84(68)83)59-30-8-3-9-31-59/h1-54,90H. The summed E-state index contributed by atoms with van der Waals surface area (Å²) in [6.07, 6.45) is 0. The number of aromatic amines is 1. The molecule has 1 N–H and O–H groups in total. The molecule has 0 unspecified atom stereocenters. The third kappa shape index (κ3) is 7.86. The maximum absolute atomic E-state index is 6.59. The quantitative estimate of drug-likeness (QED) is 0.156. The monoisotopic (exact) mass is 1250 g/mol. The number of nitrogens with zero attached hydrogens (tertiary/aromatic N) is 8. The third-order valence-electron chi connectivity index (χ3n) is 20.2. The molecule has 0 amide bonds. The molecule has 0 fully saturated rings. The number of hydrogen-bond acceptors (Lipinski definition) is 3. The number of rotatable bonds is 9. The van der Waals surface area contributed by atoms with Crippen molar-refractivity contribution in [2.75, 3.05) is 0 Å². The Kier molecular flexibility index (Phi) is 11.6. The second-order valence-electron chi connectivity index (χ2n) is 25.5. The van der Waals surface area contributed by atoms with Gasteiger partial charge >= 0.3 is 0 Å². The van der Waals surface area contributed by atoms with Crippen LogP contribution in [-0.2, 0) is 0 Å². The second-order valence-corrected chi connectivity index (χ2v) is 25.5. The van der Waals surface area contributed by atoms with Crippen molar-refractivity contribution in [3.05, 3.63) is 328 Å². The maximum atomic E-state index is 6.59. The van der Waals surface area contributed by atoms with Gasteiger partial charge in [-0.15, -0.1) is 0 Å². The van der Waals surface area contributed by atoms with Crippen molar-refractivity contribution in [2.24, 2.45) is 0 Å². The molecular formula is C89H55N9. The average Bonchev–Trinajstić information content (AvgIpc) is 1.47. The fourth-order valence-electron chi connectivity index (χ4n) is 16.1. The first kappa shape index (κ1) is 54.1. The normalized spacial score (nSPS) is 12.1. The molecule has 0 spiro atoms. The highest BCUT2D eigenvalue weighted by atomic mass is 15.2. The molecule has 0 bridgehead atoms. The van der Waals surface area contributed by atoms with Crippen LogP contribution in [-0.4, -0.2) is 42.8 Å². The molecule has 0 atom stereocenters. The summed E-state index contributed by atoms with van der Waals surface area (Å²) in [5, 5.41) is 11.2. The highest BCUT2D eigenvalue weighted by Crippen LogP contribution is 2.50. The van der Waals surface area contributed by atoms with Gasteiger partial charge in [-0.05, 0) is 90.0 Å². The van der Waals surface area contributed by atoms with Crippen LogP contribution in [0.3, 0.4) is 0 Å².